The summed E-state index contributed by atoms with van der Waals surface area (Å²) < 4.78 is 9.95. The monoisotopic (exact) mass is 328 g/mol. The van der Waals surface area contributed by atoms with E-state index >= 15 is 0 Å². The molecule has 1 aliphatic heterocycles. The van der Waals surface area contributed by atoms with Crippen molar-refractivity contribution >= 4 is 34.9 Å². The molecular formula is C13H13ClN2O6. The lowest BCUT2D eigenvalue weighted by molar-refractivity contribution is -0.384. The van der Waals surface area contributed by atoms with Crippen LogP contribution >= 0.6 is 11.6 Å². The molecule has 9 heteroatoms. The zero-order valence-corrected chi connectivity index (χ0v) is 12.2. The molecule has 0 aliphatic carbocycles. The second kappa shape index (κ2) is 7.19. The maximum absolute atomic E-state index is 11.7. The van der Waals surface area contributed by atoms with Crippen molar-refractivity contribution in [3.05, 3.63) is 33.3 Å². The van der Waals surface area contributed by atoms with E-state index in [9.17, 15) is 19.7 Å². The van der Waals surface area contributed by atoms with Gasteiger partial charge in [-0.25, -0.2) is 4.79 Å². The third-order valence-corrected chi connectivity index (χ3v) is 3.28. The number of carbonyl (C=O) groups excluding carboxylic acids is 2. The number of esters is 1. The molecule has 1 aromatic rings. The van der Waals surface area contributed by atoms with E-state index < -0.39 is 29.5 Å². The number of anilines is 1. The van der Waals surface area contributed by atoms with Crippen molar-refractivity contribution < 1.29 is 24.0 Å². The van der Waals surface area contributed by atoms with Crippen LogP contribution in [0, 0.1) is 10.1 Å². The van der Waals surface area contributed by atoms with Crippen molar-refractivity contribution in [2.75, 3.05) is 18.5 Å². The summed E-state index contributed by atoms with van der Waals surface area (Å²) in [5, 5.41) is 13.1. The van der Waals surface area contributed by atoms with Gasteiger partial charge in [-0.05, 0) is 25.0 Å². The molecule has 8 nitrogen and oxygen atoms in total. The average Bonchev–Trinajstić information content (AvgIpc) is 3.01. The second-order valence-corrected chi connectivity index (χ2v) is 4.99. The maximum Gasteiger partial charge on any atom is 0.335 e. The molecule has 0 unspecified atom stereocenters. The van der Waals surface area contributed by atoms with Crippen LogP contribution in [0.4, 0.5) is 11.4 Å². The summed E-state index contributed by atoms with van der Waals surface area (Å²) in [7, 11) is 0. The molecule has 1 fully saturated rings. The van der Waals surface area contributed by atoms with Crippen molar-refractivity contribution in [2.45, 2.75) is 18.9 Å². The van der Waals surface area contributed by atoms with E-state index in [0.29, 0.717) is 13.0 Å². The van der Waals surface area contributed by atoms with Crippen molar-refractivity contribution in [1.82, 2.24) is 0 Å². The minimum Gasteiger partial charge on any atom is -0.454 e. The van der Waals surface area contributed by atoms with Gasteiger partial charge in [-0.15, -0.1) is 0 Å². The number of carbonyl (C=O) groups is 2. The molecule has 1 aromatic carbocycles. The fourth-order valence-electron chi connectivity index (χ4n) is 1.92. The SMILES string of the molecule is O=C(COC(=O)[C@@H]1CCCO1)Nc1ccc(Cl)c([N+](=O)[O-])c1. The number of hydrogen-bond donors (Lipinski definition) is 1. The van der Waals surface area contributed by atoms with Crippen LogP contribution in [-0.2, 0) is 19.1 Å². The summed E-state index contributed by atoms with van der Waals surface area (Å²) >= 11 is 5.67. The Bertz CT molecular complexity index is 600. The third-order valence-electron chi connectivity index (χ3n) is 2.96. The molecular weight excluding hydrogens is 316 g/mol. The Balaban J connectivity index is 1.87. The second-order valence-electron chi connectivity index (χ2n) is 4.58. The highest BCUT2D eigenvalue weighted by atomic mass is 35.5. The molecule has 22 heavy (non-hydrogen) atoms. The van der Waals surface area contributed by atoms with E-state index in [4.69, 9.17) is 21.1 Å². The average molecular weight is 329 g/mol. The Labute approximate surface area is 130 Å². The van der Waals surface area contributed by atoms with Gasteiger partial charge in [0.25, 0.3) is 11.6 Å². The van der Waals surface area contributed by atoms with Gasteiger partial charge in [0, 0.05) is 18.4 Å². The minimum absolute atomic E-state index is 0.0344. The number of ether oxygens (including phenoxy) is 2. The van der Waals surface area contributed by atoms with Crippen LogP contribution in [0.2, 0.25) is 5.02 Å². The number of nitro groups is 1. The molecule has 0 saturated carbocycles. The lowest BCUT2D eigenvalue weighted by Gasteiger charge is -2.10. The van der Waals surface area contributed by atoms with Gasteiger partial charge in [0.15, 0.2) is 12.7 Å². The zero-order valence-electron chi connectivity index (χ0n) is 11.4. The molecule has 1 heterocycles. The number of nitrogens with one attached hydrogen (secondary N) is 1. The van der Waals surface area contributed by atoms with Crippen LogP contribution in [0.25, 0.3) is 0 Å². The number of rotatable bonds is 5. The Morgan fingerprint density at radius 3 is 2.91 bits per heavy atom. The topological polar surface area (TPSA) is 108 Å². The molecule has 1 atom stereocenters. The van der Waals surface area contributed by atoms with Crippen molar-refractivity contribution in [1.29, 1.82) is 0 Å². The van der Waals surface area contributed by atoms with Crippen molar-refractivity contribution in [3.63, 3.8) is 0 Å². The molecule has 1 saturated heterocycles. The van der Waals surface area contributed by atoms with E-state index in [1.807, 2.05) is 0 Å². The fourth-order valence-corrected chi connectivity index (χ4v) is 2.11. The van der Waals surface area contributed by atoms with Gasteiger partial charge >= 0.3 is 5.97 Å². The summed E-state index contributed by atoms with van der Waals surface area (Å²) in [6.07, 6.45) is 0.731. The van der Waals surface area contributed by atoms with Gasteiger partial charge < -0.3 is 14.8 Å². The largest absolute Gasteiger partial charge is 0.454 e. The molecule has 0 spiro atoms. The Morgan fingerprint density at radius 2 is 2.27 bits per heavy atom. The summed E-state index contributed by atoms with van der Waals surface area (Å²) in [6, 6.07) is 3.84. The van der Waals surface area contributed by atoms with Crippen LogP contribution in [-0.4, -0.2) is 36.1 Å². The Morgan fingerprint density at radius 1 is 1.50 bits per heavy atom. The highest BCUT2D eigenvalue weighted by Gasteiger charge is 2.25. The zero-order chi connectivity index (χ0) is 16.1. The molecule has 1 N–H and O–H groups in total. The number of nitrogens with zero attached hydrogens (tertiary/aromatic N) is 1. The van der Waals surface area contributed by atoms with Crippen LogP contribution in [0.15, 0.2) is 18.2 Å². The van der Waals surface area contributed by atoms with Crippen LogP contribution in [0.1, 0.15) is 12.8 Å². The first-order chi connectivity index (χ1) is 10.5. The van der Waals surface area contributed by atoms with Gasteiger partial charge in [0.05, 0.1) is 4.92 Å². The van der Waals surface area contributed by atoms with Gasteiger partial charge in [-0.3, -0.25) is 14.9 Å². The molecule has 0 bridgehead atoms. The number of hydrogen-bond acceptors (Lipinski definition) is 6. The van der Waals surface area contributed by atoms with Crippen molar-refractivity contribution in [3.8, 4) is 0 Å². The number of nitro benzene ring substituents is 1. The van der Waals surface area contributed by atoms with E-state index in [1.54, 1.807) is 0 Å². The number of halogens is 1. The van der Waals surface area contributed by atoms with Gasteiger partial charge in [0.2, 0.25) is 0 Å². The number of amides is 1. The van der Waals surface area contributed by atoms with Gasteiger partial charge in [0.1, 0.15) is 5.02 Å². The summed E-state index contributed by atoms with van der Waals surface area (Å²) in [4.78, 5) is 33.3. The van der Waals surface area contributed by atoms with E-state index in [-0.39, 0.29) is 16.4 Å². The normalized spacial score (nSPS) is 17.0. The first-order valence-corrected chi connectivity index (χ1v) is 6.87. The predicted molar refractivity (Wildman–Crippen MR) is 76.7 cm³/mol. The van der Waals surface area contributed by atoms with E-state index in [0.717, 1.165) is 12.5 Å². The lowest BCUT2D eigenvalue weighted by Crippen LogP contribution is -2.27. The van der Waals surface area contributed by atoms with E-state index in [1.165, 1.54) is 12.1 Å². The molecule has 0 aromatic heterocycles. The molecule has 2 rings (SSSR count). The Kier molecular flexibility index (Phi) is 5.29. The highest BCUT2D eigenvalue weighted by Crippen LogP contribution is 2.27. The quantitative estimate of drug-likeness (QED) is 0.502. The molecule has 1 aliphatic rings. The smallest absolute Gasteiger partial charge is 0.335 e. The highest BCUT2D eigenvalue weighted by molar-refractivity contribution is 6.32. The molecule has 118 valence electrons. The molecule has 1 amide bonds. The van der Waals surface area contributed by atoms with E-state index in [2.05, 4.69) is 5.32 Å². The van der Waals surface area contributed by atoms with Gasteiger partial charge in [-0.1, -0.05) is 11.6 Å². The summed E-state index contributed by atoms with van der Waals surface area (Å²) in [5.41, 5.74) is -0.134. The predicted octanol–water partition coefficient (Wildman–Crippen LogP) is 1.91. The van der Waals surface area contributed by atoms with Crippen LogP contribution < -0.4 is 5.32 Å². The fraction of sp³-hybridized carbons (Fsp3) is 0.385. The summed E-state index contributed by atoms with van der Waals surface area (Å²) in [5.74, 6) is -1.20. The first-order valence-electron chi connectivity index (χ1n) is 6.49. The van der Waals surface area contributed by atoms with Crippen LogP contribution in [0.5, 0.6) is 0 Å². The van der Waals surface area contributed by atoms with Crippen LogP contribution in [0.3, 0.4) is 0 Å². The summed E-state index contributed by atoms with van der Waals surface area (Å²) in [6.45, 7) is 0.00945. The third kappa shape index (κ3) is 4.15. The van der Waals surface area contributed by atoms with Crippen molar-refractivity contribution in [2.24, 2.45) is 0 Å². The lowest BCUT2D eigenvalue weighted by atomic mass is 10.2. The van der Waals surface area contributed by atoms with Gasteiger partial charge in [-0.2, -0.15) is 0 Å². The molecule has 0 radical (unpaired) electrons. The first kappa shape index (κ1) is 16.2. The Hall–Kier alpha value is -2.19. The number of benzene rings is 1. The maximum atomic E-state index is 11.7. The minimum atomic E-state index is -0.657. The standard InChI is InChI=1S/C13H13ClN2O6/c14-9-4-3-8(6-10(9)16(19)20)15-12(17)7-22-13(18)11-2-1-5-21-11/h3-4,6,11H,1-2,5,7H2,(H,15,17)/t11-/m0/s1.